The van der Waals surface area contributed by atoms with Gasteiger partial charge < -0.3 is 10.2 Å². The Hall–Kier alpha value is -2.02. The number of aryl methyl sites for hydroxylation is 2. The second-order valence-corrected chi connectivity index (χ2v) is 8.18. The SMILES string of the molecule is Cc1cnc(NC2CC3CC2N(C(=O)c2nc(C)ccc2Br)C3C)cn1. The molecular weight excluding hydrogens is 394 g/mol. The molecule has 6 nitrogen and oxygen atoms in total. The third-order valence-corrected chi connectivity index (χ3v) is 6.22. The zero-order chi connectivity index (χ0) is 18.4. The van der Waals surface area contributed by atoms with Crippen LogP contribution >= 0.6 is 15.9 Å². The molecule has 4 unspecified atom stereocenters. The minimum Gasteiger partial charge on any atom is -0.364 e. The predicted octanol–water partition coefficient (Wildman–Crippen LogP) is 3.35. The highest BCUT2D eigenvalue weighted by Crippen LogP contribution is 2.44. The van der Waals surface area contributed by atoms with E-state index in [0.29, 0.717) is 11.6 Å². The van der Waals surface area contributed by atoms with E-state index in [9.17, 15) is 4.79 Å². The summed E-state index contributed by atoms with van der Waals surface area (Å²) in [4.78, 5) is 28.4. The number of hydrogen-bond acceptors (Lipinski definition) is 5. The van der Waals surface area contributed by atoms with Gasteiger partial charge in [0.2, 0.25) is 0 Å². The predicted molar refractivity (Wildman–Crippen MR) is 103 cm³/mol. The highest BCUT2D eigenvalue weighted by molar-refractivity contribution is 9.10. The summed E-state index contributed by atoms with van der Waals surface area (Å²) in [6, 6.07) is 4.37. The van der Waals surface area contributed by atoms with Crippen molar-refractivity contribution in [3.8, 4) is 0 Å². The number of nitrogens with zero attached hydrogens (tertiary/aromatic N) is 4. The summed E-state index contributed by atoms with van der Waals surface area (Å²) >= 11 is 3.48. The van der Waals surface area contributed by atoms with Crippen LogP contribution in [0.2, 0.25) is 0 Å². The third kappa shape index (κ3) is 2.98. The standard InChI is InChI=1S/C19H22BrN5O/c1-10-4-5-14(20)18(23-10)19(26)25-12(3)13-6-15(16(25)7-13)24-17-9-21-11(2)8-22-17/h4-5,8-9,12-13,15-16H,6-7H2,1-3H3,(H,22,24). The Kier molecular flexibility index (Phi) is 4.42. The van der Waals surface area contributed by atoms with E-state index in [-0.39, 0.29) is 24.0 Å². The number of rotatable bonds is 3. The van der Waals surface area contributed by atoms with E-state index in [1.54, 1.807) is 12.4 Å². The van der Waals surface area contributed by atoms with Gasteiger partial charge in [0.25, 0.3) is 5.91 Å². The van der Waals surface area contributed by atoms with Crippen LogP contribution in [-0.2, 0) is 0 Å². The van der Waals surface area contributed by atoms with Gasteiger partial charge in [0.1, 0.15) is 11.5 Å². The van der Waals surface area contributed by atoms with E-state index >= 15 is 0 Å². The Labute approximate surface area is 161 Å². The van der Waals surface area contributed by atoms with Crippen LogP contribution in [0.3, 0.4) is 0 Å². The molecule has 4 rings (SSSR count). The first-order valence-electron chi connectivity index (χ1n) is 8.95. The Morgan fingerprint density at radius 3 is 2.69 bits per heavy atom. The minimum absolute atomic E-state index is 0.00191. The molecule has 0 radical (unpaired) electrons. The van der Waals surface area contributed by atoms with Crippen molar-refractivity contribution >= 4 is 27.7 Å². The van der Waals surface area contributed by atoms with Crippen molar-refractivity contribution in [3.05, 3.63) is 46.1 Å². The molecule has 0 spiro atoms. The van der Waals surface area contributed by atoms with Crippen molar-refractivity contribution in [2.45, 2.75) is 51.7 Å². The summed E-state index contributed by atoms with van der Waals surface area (Å²) in [5, 5.41) is 3.48. The van der Waals surface area contributed by atoms with Gasteiger partial charge in [0.05, 0.1) is 24.1 Å². The molecule has 2 bridgehead atoms. The van der Waals surface area contributed by atoms with E-state index in [4.69, 9.17) is 0 Å². The first kappa shape index (κ1) is 17.4. The maximum absolute atomic E-state index is 13.2. The first-order valence-corrected chi connectivity index (χ1v) is 9.74. The number of nitrogens with one attached hydrogen (secondary N) is 1. The van der Waals surface area contributed by atoms with Crippen LogP contribution in [0.4, 0.5) is 5.82 Å². The van der Waals surface area contributed by atoms with Crippen molar-refractivity contribution in [2.24, 2.45) is 5.92 Å². The fraction of sp³-hybridized carbons (Fsp3) is 0.474. The van der Waals surface area contributed by atoms with Gasteiger partial charge in [-0.15, -0.1) is 0 Å². The number of likely N-dealkylation sites (tertiary alicyclic amines) is 1. The Balaban J connectivity index is 1.57. The summed E-state index contributed by atoms with van der Waals surface area (Å²) in [5.74, 6) is 1.27. The first-order chi connectivity index (χ1) is 12.4. The average Bonchev–Trinajstić information content (AvgIpc) is 3.16. The molecule has 2 aliphatic rings. The number of amides is 1. The van der Waals surface area contributed by atoms with Crippen LogP contribution in [0.25, 0.3) is 0 Å². The molecule has 1 aliphatic heterocycles. The van der Waals surface area contributed by atoms with E-state index in [1.165, 1.54) is 0 Å². The van der Waals surface area contributed by atoms with Crippen molar-refractivity contribution in [1.29, 1.82) is 0 Å². The van der Waals surface area contributed by atoms with Crippen molar-refractivity contribution in [1.82, 2.24) is 19.9 Å². The lowest BCUT2D eigenvalue weighted by atomic mass is 9.97. The molecule has 1 saturated heterocycles. The van der Waals surface area contributed by atoms with Crippen LogP contribution in [0.1, 0.15) is 41.6 Å². The third-order valence-electron chi connectivity index (χ3n) is 5.58. The molecule has 1 aliphatic carbocycles. The van der Waals surface area contributed by atoms with Gasteiger partial charge >= 0.3 is 0 Å². The number of piperidine rings is 1. The molecule has 3 heterocycles. The van der Waals surface area contributed by atoms with Crippen LogP contribution in [0.5, 0.6) is 0 Å². The lowest BCUT2D eigenvalue weighted by molar-refractivity contribution is 0.0591. The minimum atomic E-state index is 0.00191. The Morgan fingerprint density at radius 2 is 2.00 bits per heavy atom. The van der Waals surface area contributed by atoms with Crippen LogP contribution < -0.4 is 5.32 Å². The van der Waals surface area contributed by atoms with Gasteiger partial charge in [0.15, 0.2) is 0 Å². The van der Waals surface area contributed by atoms with Gasteiger partial charge in [-0.2, -0.15) is 0 Å². The molecule has 26 heavy (non-hydrogen) atoms. The largest absolute Gasteiger partial charge is 0.364 e. The fourth-order valence-electron chi connectivity index (χ4n) is 4.24. The molecule has 136 valence electrons. The Morgan fingerprint density at radius 1 is 1.19 bits per heavy atom. The molecule has 1 amide bonds. The van der Waals surface area contributed by atoms with Crippen molar-refractivity contribution in [2.75, 3.05) is 5.32 Å². The van der Waals surface area contributed by atoms with E-state index in [1.807, 2.05) is 30.9 Å². The normalized spacial score (nSPS) is 27.0. The zero-order valence-electron chi connectivity index (χ0n) is 15.1. The molecular formula is C19H22BrN5O. The van der Waals surface area contributed by atoms with Gasteiger partial charge in [0, 0.05) is 22.3 Å². The van der Waals surface area contributed by atoms with Crippen LogP contribution in [-0.4, -0.2) is 43.9 Å². The molecule has 2 aromatic rings. The number of fused-ring (bicyclic) bond motifs is 2. The quantitative estimate of drug-likeness (QED) is 0.831. The van der Waals surface area contributed by atoms with Crippen molar-refractivity contribution < 1.29 is 4.79 Å². The highest BCUT2D eigenvalue weighted by atomic mass is 79.9. The molecule has 2 aromatic heterocycles. The van der Waals surface area contributed by atoms with E-state index < -0.39 is 0 Å². The van der Waals surface area contributed by atoms with Crippen molar-refractivity contribution in [3.63, 3.8) is 0 Å². The smallest absolute Gasteiger partial charge is 0.274 e. The number of pyridine rings is 1. The summed E-state index contributed by atoms with van der Waals surface area (Å²) in [6.45, 7) is 5.97. The fourth-order valence-corrected chi connectivity index (χ4v) is 4.63. The number of carbonyl (C=O) groups is 1. The number of anilines is 1. The van der Waals surface area contributed by atoms with Gasteiger partial charge in [-0.05, 0) is 67.6 Å². The summed E-state index contributed by atoms with van der Waals surface area (Å²) in [7, 11) is 0. The maximum atomic E-state index is 13.2. The molecule has 7 heteroatoms. The van der Waals surface area contributed by atoms with Gasteiger partial charge in [-0.3, -0.25) is 9.78 Å². The number of hydrogen-bond donors (Lipinski definition) is 1. The molecule has 4 atom stereocenters. The van der Waals surface area contributed by atoms with E-state index in [2.05, 4.69) is 43.1 Å². The maximum Gasteiger partial charge on any atom is 0.274 e. The van der Waals surface area contributed by atoms with Gasteiger partial charge in [-0.1, -0.05) is 0 Å². The average molecular weight is 416 g/mol. The Bertz CT molecular complexity index is 840. The van der Waals surface area contributed by atoms with E-state index in [0.717, 1.165) is 34.5 Å². The second-order valence-electron chi connectivity index (χ2n) is 7.33. The number of halogens is 1. The molecule has 1 N–H and O–H groups in total. The molecule has 1 saturated carbocycles. The highest BCUT2D eigenvalue weighted by Gasteiger charge is 2.51. The van der Waals surface area contributed by atoms with Crippen LogP contribution in [0, 0.1) is 19.8 Å². The monoisotopic (exact) mass is 415 g/mol. The second kappa shape index (κ2) is 6.61. The topological polar surface area (TPSA) is 71.0 Å². The number of carbonyl (C=O) groups excluding carboxylic acids is 1. The molecule has 0 aromatic carbocycles. The molecule has 2 fully saturated rings. The number of aromatic nitrogens is 3. The zero-order valence-corrected chi connectivity index (χ0v) is 16.7. The lowest BCUT2D eigenvalue weighted by Gasteiger charge is -2.38. The summed E-state index contributed by atoms with van der Waals surface area (Å²) < 4.78 is 0.747. The lowest BCUT2D eigenvalue weighted by Crippen LogP contribution is -2.51. The van der Waals surface area contributed by atoms with Crippen LogP contribution in [0.15, 0.2) is 29.0 Å². The van der Waals surface area contributed by atoms with Gasteiger partial charge in [-0.25, -0.2) is 9.97 Å². The summed E-state index contributed by atoms with van der Waals surface area (Å²) in [6.07, 6.45) is 5.59. The summed E-state index contributed by atoms with van der Waals surface area (Å²) in [5.41, 5.74) is 2.24.